The van der Waals surface area contributed by atoms with Crippen molar-refractivity contribution in [2.45, 2.75) is 0 Å². The van der Waals surface area contributed by atoms with Gasteiger partial charge in [0.15, 0.2) is 6.61 Å². The maximum atomic E-state index is 13.7. The Kier molecular flexibility index (Phi) is 4.02. The van der Waals surface area contributed by atoms with Crippen molar-refractivity contribution in [3.8, 4) is 16.9 Å². The molecule has 3 nitrogen and oxygen atoms in total. The van der Waals surface area contributed by atoms with E-state index in [9.17, 15) is 9.18 Å². The highest BCUT2D eigenvalue weighted by atomic mass is 35.5. The van der Waals surface area contributed by atoms with Crippen molar-refractivity contribution in [1.82, 2.24) is 0 Å². The van der Waals surface area contributed by atoms with E-state index in [1.54, 1.807) is 36.4 Å². The standard InChI is InChI=1S/C14H11ClFNO2/c15-11-2-1-3-12(16)14(11)9-4-6-10(7-5-9)19-8-13(17)18/h1-7H,8H2,(H2,17,18). The number of nitrogens with two attached hydrogens (primary N) is 1. The first-order valence-electron chi connectivity index (χ1n) is 5.53. The molecule has 0 aliphatic heterocycles. The Balaban J connectivity index is 2.25. The number of rotatable bonds is 4. The van der Waals surface area contributed by atoms with Gasteiger partial charge in [-0.3, -0.25) is 4.79 Å². The molecule has 2 N–H and O–H groups in total. The molecular formula is C14H11ClFNO2. The minimum absolute atomic E-state index is 0.195. The maximum absolute atomic E-state index is 13.7. The highest BCUT2D eigenvalue weighted by Crippen LogP contribution is 2.31. The number of benzene rings is 2. The Morgan fingerprint density at radius 1 is 1.21 bits per heavy atom. The van der Waals surface area contributed by atoms with Crippen LogP contribution in [0.2, 0.25) is 5.02 Å². The Morgan fingerprint density at radius 3 is 2.47 bits per heavy atom. The highest BCUT2D eigenvalue weighted by molar-refractivity contribution is 6.33. The summed E-state index contributed by atoms with van der Waals surface area (Å²) in [6, 6.07) is 11.1. The molecule has 0 saturated heterocycles. The minimum Gasteiger partial charge on any atom is -0.484 e. The second kappa shape index (κ2) is 5.71. The molecule has 0 aromatic heterocycles. The van der Waals surface area contributed by atoms with Crippen LogP contribution >= 0.6 is 11.6 Å². The van der Waals surface area contributed by atoms with Crippen LogP contribution in [-0.4, -0.2) is 12.5 Å². The zero-order chi connectivity index (χ0) is 13.8. The molecule has 1 amide bonds. The van der Waals surface area contributed by atoms with E-state index >= 15 is 0 Å². The number of carbonyl (C=O) groups is 1. The van der Waals surface area contributed by atoms with E-state index in [2.05, 4.69) is 0 Å². The van der Waals surface area contributed by atoms with Gasteiger partial charge in [0.1, 0.15) is 11.6 Å². The summed E-state index contributed by atoms with van der Waals surface area (Å²) in [7, 11) is 0. The molecule has 0 aliphatic carbocycles. The number of halogens is 2. The maximum Gasteiger partial charge on any atom is 0.255 e. The molecule has 0 bridgehead atoms. The largest absolute Gasteiger partial charge is 0.484 e. The Labute approximate surface area is 114 Å². The van der Waals surface area contributed by atoms with Gasteiger partial charge in [-0.25, -0.2) is 4.39 Å². The summed E-state index contributed by atoms with van der Waals surface area (Å²) < 4.78 is 18.8. The highest BCUT2D eigenvalue weighted by Gasteiger charge is 2.09. The molecule has 0 aliphatic rings. The molecule has 0 saturated carbocycles. The van der Waals surface area contributed by atoms with Crippen LogP contribution in [0.3, 0.4) is 0 Å². The lowest BCUT2D eigenvalue weighted by molar-refractivity contribution is -0.119. The van der Waals surface area contributed by atoms with E-state index in [1.165, 1.54) is 6.07 Å². The van der Waals surface area contributed by atoms with Crippen LogP contribution in [0.25, 0.3) is 11.1 Å². The molecular weight excluding hydrogens is 269 g/mol. The van der Waals surface area contributed by atoms with Gasteiger partial charge in [-0.1, -0.05) is 29.8 Å². The van der Waals surface area contributed by atoms with Crippen molar-refractivity contribution in [3.63, 3.8) is 0 Å². The van der Waals surface area contributed by atoms with Crippen LogP contribution in [0.1, 0.15) is 0 Å². The van der Waals surface area contributed by atoms with Crippen LogP contribution in [0.5, 0.6) is 5.75 Å². The van der Waals surface area contributed by atoms with E-state index in [0.29, 0.717) is 21.9 Å². The van der Waals surface area contributed by atoms with Crippen molar-refractivity contribution >= 4 is 17.5 Å². The summed E-state index contributed by atoms with van der Waals surface area (Å²) in [5.74, 6) is -0.463. The van der Waals surface area contributed by atoms with Gasteiger partial charge in [0.2, 0.25) is 0 Å². The van der Waals surface area contributed by atoms with Crippen molar-refractivity contribution < 1.29 is 13.9 Å². The molecule has 19 heavy (non-hydrogen) atoms. The lowest BCUT2D eigenvalue weighted by Crippen LogP contribution is -2.19. The van der Waals surface area contributed by atoms with E-state index in [-0.39, 0.29) is 6.61 Å². The minimum atomic E-state index is -0.554. The van der Waals surface area contributed by atoms with Gasteiger partial charge < -0.3 is 10.5 Å². The third-order valence-corrected chi connectivity index (χ3v) is 2.80. The molecule has 0 radical (unpaired) electrons. The first-order chi connectivity index (χ1) is 9.08. The Morgan fingerprint density at radius 2 is 1.89 bits per heavy atom. The number of hydrogen-bond acceptors (Lipinski definition) is 2. The van der Waals surface area contributed by atoms with Gasteiger partial charge in [-0.15, -0.1) is 0 Å². The third kappa shape index (κ3) is 3.23. The van der Waals surface area contributed by atoms with Crippen molar-refractivity contribution in [2.24, 2.45) is 5.73 Å². The average molecular weight is 280 g/mol. The fourth-order valence-corrected chi connectivity index (χ4v) is 1.92. The second-order valence-corrected chi connectivity index (χ2v) is 4.28. The summed E-state index contributed by atoms with van der Waals surface area (Å²) >= 11 is 5.97. The molecule has 2 rings (SSSR count). The lowest BCUT2D eigenvalue weighted by atomic mass is 10.1. The summed E-state index contributed by atoms with van der Waals surface area (Å²) in [6.07, 6.45) is 0. The number of ether oxygens (including phenoxy) is 1. The molecule has 2 aromatic carbocycles. The van der Waals surface area contributed by atoms with Crippen molar-refractivity contribution in [1.29, 1.82) is 0 Å². The Bertz CT molecular complexity index is 579. The van der Waals surface area contributed by atoms with Crippen molar-refractivity contribution in [2.75, 3.05) is 6.61 Å². The molecule has 0 unspecified atom stereocenters. The van der Waals surface area contributed by atoms with Gasteiger partial charge in [-0.05, 0) is 29.8 Å². The topological polar surface area (TPSA) is 52.3 Å². The third-order valence-electron chi connectivity index (χ3n) is 2.49. The first kappa shape index (κ1) is 13.4. The van der Waals surface area contributed by atoms with Crippen LogP contribution in [0.4, 0.5) is 4.39 Å². The SMILES string of the molecule is NC(=O)COc1ccc(-c2c(F)cccc2Cl)cc1. The smallest absolute Gasteiger partial charge is 0.255 e. The van der Waals surface area contributed by atoms with Crippen LogP contribution in [0.15, 0.2) is 42.5 Å². The van der Waals surface area contributed by atoms with E-state index in [4.69, 9.17) is 22.1 Å². The van der Waals surface area contributed by atoms with Crippen molar-refractivity contribution in [3.05, 3.63) is 53.3 Å². The summed E-state index contributed by atoms with van der Waals surface area (Å²) in [5.41, 5.74) is 5.94. The quantitative estimate of drug-likeness (QED) is 0.935. The van der Waals surface area contributed by atoms with Crippen LogP contribution < -0.4 is 10.5 Å². The van der Waals surface area contributed by atoms with E-state index in [1.807, 2.05) is 0 Å². The number of primary amides is 1. The van der Waals surface area contributed by atoms with Gasteiger partial charge in [-0.2, -0.15) is 0 Å². The lowest BCUT2D eigenvalue weighted by Gasteiger charge is -2.08. The zero-order valence-corrected chi connectivity index (χ0v) is 10.7. The molecule has 0 fully saturated rings. The number of hydrogen-bond donors (Lipinski definition) is 1. The van der Waals surface area contributed by atoms with Gasteiger partial charge >= 0.3 is 0 Å². The molecule has 0 spiro atoms. The van der Waals surface area contributed by atoms with E-state index < -0.39 is 11.7 Å². The summed E-state index contributed by atoms with van der Waals surface area (Å²) in [4.78, 5) is 10.6. The monoisotopic (exact) mass is 279 g/mol. The second-order valence-electron chi connectivity index (χ2n) is 3.88. The summed E-state index contributed by atoms with van der Waals surface area (Å²) in [5, 5.41) is 0.339. The zero-order valence-electron chi connectivity index (χ0n) is 9.90. The van der Waals surface area contributed by atoms with Gasteiger partial charge in [0, 0.05) is 5.56 Å². The van der Waals surface area contributed by atoms with Gasteiger partial charge in [0.25, 0.3) is 5.91 Å². The first-order valence-corrected chi connectivity index (χ1v) is 5.91. The Hall–Kier alpha value is -2.07. The number of carbonyl (C=O) groups excluding carboxylic acids is 1. The predicted molar refractivity (Wildman–Crippen MR) is 71.5 cm³/mol. The molecule has 0 atom stereocenters. The van der Waals surface area contributed by atoms with Crippen LogP contribution in [-0.2, 0) is 4.79 Å². The number of amides is 1. The molecule has 98 valence electrons. The molecule has 5 heteroatoms. The average Bonchev–Trinajstić information content (AvgIpc) is 2.37. The predicted octanol–water partition coefficient (Wildman–Crippen LogP) is 3.01. The fraction of sp³-hybridized carbons (Fsp3) is 0.0714. The molecule has 2 aromatic rings. The fourth-order valence-electron chi connectivity index (χ4n) is 1.65. The van der Waals surface area contributed by atoms with E-state index in [0.717, 1.165) is 0 Å². The normalized spacial score (nSPS) is 10.2. The summed E-state index contributed by atoms with van der Waals surface area (Å²) in [6.45, 7) is -0.195. The molecule has 0 heterocycles. The van der Waals surface area contributed by atoms with Gasteiger partial charge in [0.05, 0.1) is 5.02 Å². The van der Waals surface area contributed by atoms with Crippen LogP contribution in [0, 0.1) is 5.82 Å².